The van der Waals surface area contributed by atoms with Crippen LogP contribution in [0.4, 0.5) is 10.8 Å². The summed E-state index contributed by atoms with van der Waals surface area (Å²) in [6.45, 7) is 1.47. The molecule has 4 N–H and O–H groups in total. The van der Waals surface area contributed by atoms with Gasteiger partial charge in [0.2, 0.25) is 11.9 Å². The number of methoxy groups -OCH3 is 1. The Labute approximate surface area is 137 Å². The molecule has 0 unspecified atom stereocenters. The molecule has 8 nitrogen and oxygen atoms in total. The van der Waals surface area contributed by atoms with E-state index in [-0.39, 0.29) is 11.9 Å². The van der Waals surface area contributed by atoms with Crippen LogP contribution < -0.4 is 21.1 Å². The fourth-order valence-corrected chi connectivity index (χ4v) is 2.59. The third-order valence-electron chi connectivity index (χ3n) is 2.71. The molecule has 1 heterocycles. The highest BCUT2D eigenvalue weighted by Crippen LogP contribution is 2.29. The Kier molecular flexibility index (Phi) is 5.26. The predicted molar refractivity (Wildman–Crippen MR) is 91.3 cm³/mol. The van der Waals surface area contributed by atoms with E-state index in [9.17, 15) is 4.79 Å². The minimum absolute atomic E-state index is 0.139. The van der Waals surface area contributed by atoms with E-state index in [2.05, 4.69) is 15.2 Å². The van der Waals surface area contributed by atoms with Crippen LogP contribution in [0.3, 0.4) is 0 Å². The van der Waals surface area contributed by atoms with Gasteiger partial charge < -0.3 is 16.2 Å². The average Bonchev–Trinajstić information content (AvgIpc) is 2.96. The highest BCUT2D eigenvalue weighted by molar-refractivity contribution is 7.14. The molecule has 0 saturated heterocycles. The number of hydrogen-bond donors (Lipinski definition) is 2. The lowest BCUT2D eigenvalue weighted by atomic mass is 10.3. The summed E-state index contributed by atoms with van der Waals surface area (Å²) >= 11 is 1.31. The van der Waals surface area contributed by atoms with E-state index in [1.54, 1.807) is 36.8 Å². The normalized spacial score (nSPS) is 10.5. The van der Waals surface area contributed by atoms with Gasteiger partial charge >= 0.3 is 0 Å². The first-order valence-corrected chi connectivity index (χ1v) is 7.41. The molecule has 1 amide bonds. The second-order valence-corrected chi connectivity index (χ2v) is 5.21. The molecule has 1 aromatic carbocycles. The minimum Gasteiger partial charge on any atom is -0.497 e. The van der Waals surface area contributed by atoms with Crippen molar-refractivity contribution >= 4 is 40.2 Å². The fraction of sp³-hybridized carbons (Fsp3) is 0.143. The summed E-state index contributed by atoms with van der Waals surface area (Å²) in [4.78, 5) is 17.8. The molecule has 0 bridgehead atoms. The molecular formula is C14H16N6O2S. The van der Waals surface area contributed by atoms with Gasteiger partial charge in [0.1, 0.15) is 5.75 Å². The van der Waals surface area contributed by atoms with Crippen LogP contribution in [0.25, 0.3) is 0 Å². The topological polar surface area (TPSA) is 119 Å². The maximum absolute atomic E-state index is 12.0. The van der Waals surface area contributed by atoms with Crippen molar-refractivity contribution in [1.29, 1.82) is 0 Å². The quantitative estimate of drug-likeness (QED) is 0.488. The molecule has 0 fully saturated rings. The molecule has 2 aromatic rings. The van der Waals surface area contributed by atoms with Gasteiger partial charge in [0.25, 0.3) is 0 Å². The number of ether oxygens (including phenoxy) is 1. The predicted octanol–water partition coefficient (Wildman–Crippen LogP) is 1.44. The number of amides is 1. The zero-order chi connectivity index (χ0) is 16.8. The van der Waals surface area contributed by atoms with E-state index in [1.807, 2.05) is 0 Å². The number of hydrogen-bond acceptors (Lipinski definition) is 6. The number of nitrogens with zero attached hydrogens (tertiary/aromatic N) is 4. The number of carbonyl (C=O) groups is 1. The maximum atomic E-state index is 12.0. The molecule has 0 saturated carbocycles. The zero-order valence-electron chi connectivity index (χ0n) is 12.6. The fourth-order valence-electron chi connectivity index (χ4n) is 1.75. The van der Waals surface area contributed by atoms with Gasteiger partial charge in [-0.2, -0.15) is 5.10 Å². The number of guanidine groups is 1. The van der Waals surface area contributed by atoms with E-state index < -0.39 is 0 Å². The molecule has 0 aliphatic heterocycles. The zero-order valence-corrected chi connectivity index (χ0v) is 13.4. The van der Waals surface area contributed by atoms with Gasteiger partial charge in [-0.05, 0) is 24.3 Å². The van der Waals surface area contributed by atoms with Gasteiger partial charge in [-0.25, -0.2) is 4.98 Å². The summed E-state index contributed by atoms with van der Waals surface area (Å²) in [5, 5.41) is 9.46. The van der Waals surface area contributed by atoms with Crippen molar-refractivity contribution in [3.63, 3.8) is 0 Å². The third kappa shape index (κ3) is 4.27. The molecule has 1 aromatic heterocycles. The summed E-state index contributed by atoms with van der Waals surface area (Å²) in [7, 11) is 1.58. The summed E-state index contributed by atoms with van der Waals surface area (Å²) in [6, 6.07) is 7.13. The molecule has 0 aliphatic carbocycles. The van der Waals surface area contributed by atoms with Crippen LogP contribution in [-0.4, -0.2) is 30.2 Å². The Hall–Kier alpha value is -2.94. The number of benzene rings is 1. The molecule has 0 atom stereocenters. The van der Waals surface area contributed by atoms with Crippen molar-refractivity contribution in [2.24, 2.45) is 21.7 Å². The largest absolute Gasteiger partial charge is 0.497 e. The van der Waals surface area contributed by atoms with Crippen molar-refractivity contribution in [3.8, 4) is 5.75 Å². The van der Waals surface area contributed by atoms with Crippen LogP contribution in [0.1, 0.15) is 12.6 Å². The molecule has 2 rings (SSSR count). The van der Waals surface area contributed by atoms with Crippen molar-refractivity contribution in [3.05, 3.63) is 35.3 Å². The van der Waals surface area contributed by atoms with Crippen LogP contribution in [0, 0.1) is 0 Å². The minimum atomic E-state index is -0.155. The second-order valence-electron chi connectivity index (χ2n) is 4.38. The van der Waals surface area contributed by atoms with E-state index in [4.69, 9.17) is 16.2 Å². The van der Waals surface area contributed by atoms with E-state index >= 15 is 0 Å². The summed E-state index contributed by atoms with van der Waals surface area (Å²) in [6.07, 6.45) is 1.41. The first-order valence-electron chi connectivity index (χ1n) is 6.53. The van der Waals surface area contributed by atoms with Crippen molar-refractivity contribution in [2.75, 3.05) is 12.0 Å². The first kappa shape index (κ1) is 16.4. The lowest BCUT2D eigenvalue weighted by Crippen LogP contribution is -2.22. The summed E-state index contributed by atoms with van der Waals surface area (Å²) in [5.74, 6) is 0.416. The van der Waals surface area contributed by atoms with E-state index in [1.165, 1.54) is 29.4 Å². The molecule has 23 heavy (non-hydrogen) atoms. The molecule has 0 radical (unpaired) electrons. The van der Waals surface area contributed by atoms with Gasteiger partial charge in [-0.15, -0.1) is 16.4 Å². The van der Waals surface area contributed by atoms with Crippen molar-refractivity contribution < 1.29 is 9.53 Å². The standard InChI is InChI=1S/C14H16N6O2S/c1-9(21)20(11-3-5-12(22-2)6-4-11)14-18-10(8-23-14)7-17-19-13(15)16/h3-8H,1-2H3,(H4,15,16,19)/b17-7-. The van der Waals surface area contributed by atoms with Gasteiger partial charge in [0.15, 0.2) is 5.13 Å². The number of anilines is 2. The van der Waals surface area contributed by atoms with E-state index in [0.717, 1.165) is 0 Å². The molecule has 0 spiro atoms. The summed E-state index contributed by atoms with van der Waals surface area (Å²) < 4.78 is 5.12. The monoisotopic (exact) mass is 332 g/mol. The molecular weight excluding hydrogens is 316 g/mol. The van der Waals surface area contributed by atoms with Gasteiger partial charge in [-0.1, -0.05) is 0 Å². The van der Waals surface area contributed by atoms with Crippen LogP contribution in [0.5, 0.6) is 5.75 Å². The lowest BCUT2D eigenvalue weighted by Gasteiger charge is -2.18. The lowest BCUT2D eigenvalue weighted by molar-refractivity contribution is -0.115. The highest BCUT2D eigenvalue weighted by Gasteiger charge is 2.17. The SMILES string of the molecule is COc1ccc(N(C(C)=O)c2nc(/C=N\N=C(N)N)cs2)cc1. The molecule has 0 aliphatic rings. The smallest absolute Gasteiger partial charge is 0.230 e. The van der Waals surface area contributed by atoms with Crippen LogP contribution in [0.15, 0.2) is 39.8 Å². The van der Waals surface area contributed by atoms with Crippen LogP contribution in [0.2, 0.25) is 0 Å². The number of aromatic nitrogens is 1. The van der Waals surface area contributed by atoms with Gasteiger partial charge in [0.05, 0.1) is 24.7 Å². The Morgan fingerprint density at radius 3 is 2.61 bits per heavy atom. The number of rotatable bonds is 5. The second kappa shape index (κ2) is 7.36. The highest BCUT2D eigenvalue weighted by atomic mass is 32.1. The Morgan fingerprint density at radius 1 is 1.35 bits per heavy atom. The van der Waals surface area contributed by atoms with Crippen LogP contribution in [-0.2, 0) is 4.79 Å². The molecule has 120 valence electrons. The Balaban J connectivity index is 2.28. The number of nitrogens with two attached hydrogens (primary N) is 2. The first-order chi connectivity index (χ1) is 11.0. The number of carbonyl (C=O) groups excluding carboxylic acids is 1. The Morgan fingerprint density at radius 2 is 2.04 bits per heavy atom. The molecule has 9 heteroatoms. The van der Waals surface area contributed by atoms with E-state index in [0.29, 0.717) is 22.3 Å². The Bertz CT molecular complexity index is 734. The van der Waals surface area contributed by atoms with Crippen LogP contribution >= 0.6 is 11.3 Å². The van der Waals surface area contributed by atoms with Gasteiger partial charge in [-0.3, -0.25) is 9.69 Å². The van der Waals surface area contributed by atoms with Crippen molar-refractivity contribution in [1.82, 2.24) is 4.98 Å². The third-order valence-corrected chi connectivity index (χ3v) is 3.55. The summed E-state index contributed by atoms with van der Waals surface area (Å²) in [5.41, 5.74) is 11.6. The average molecular weight is 332 g/mol. The van der Waals surface area contributed by atoms with Gasteiger partial charge in [0, 0.05) is 12.3 Å². The maximum Gasteiger partial charge on any atom is 0.230 e. The number of thiazole rings is 1. The van der Waals surface area contributed by atoms with Crippen molar-refractivity contribution in [2.45, 2.75) is 6.92 Å².